The van der Waals surface area contributed by atoms with E-state index in [4.69, 9.17) is 20.8 Å². The van der Waals surface area contributed by atoms with Crippen molar-refractivity contribution < 1.29 is 9.84 Å². The largest absolute Gasteiger partial charge is 0.397 e. The van der Waals surface area contributed by atoms with Gasteiger partial charge in [0.2, 0.25) is 0 Å². The predicted molar refractivity (Wildman–Crippen MR) is 61.9 cm³/mol. The summed E-state index contributed by atoms with van der Waals surface area (Å²) in [5.41, 5.74) is 7.44. The summed E-state index contributed by atoms with van der Waals surface area (Å²) < 4.78 is 4.94. The molecule has 0 heterocycles. The number of nitriles is 1. The minimum absolute atomic E-state index is 0.0654. The Morgan fingerprint density at radius 2 is 2.38 bits per heavy atom. The number of nitrogens with one attached hydrogen (secondary N) is 1. The highest BCUT2D eigenvalue weighted by Gasteiger charge is 2.09. The van der Waals surface area contributed by atoms with E-state index in [1.807, 2.05) is 6.07 Å². The first kappa shape index (κ1) is 12.3. The van der Waals surface area contributed by atoms with Gasteiger partial charge in [0.05, 0.1) is 42.3 Å². The topological polar surface area (TPSA) is 91.3 Å². The molecule has 0 saturated heterocycles. The molecule has 1 unspecified atom stereocenters. The van der Waals surface area contributed by atoms with Crippen LogP contribution in [0.5, 0.6) is 0 Å². The van der Waals surface area contributed by atoms with Crippen LogP contribution in [-0.2, 0) is 4.74 Å². The van der Waals surface area contributed by atoms with Crippen molar-refractivity contribution in [1.29, 1.82) is 5.26 Å². The molecule has 16 heavy (non-hydrogen) atoms. The average molecular weight is 221 g/mol. The van der Waals surface area contributed by atoms with E-state index in [2.05, 4.69) is 5.32 Å². The third kappa shape index (κ3) is 3.12. The number of nitrogen functional groups attached to an aromatic ring is 1. The second kappa shape index (κ2) is 5.95. The van der Waals surface area contributed by atoms with Gasteiger partial charge in [-0.05, 0) is 18.2 Å². The monoisotopic (exact) mass is 221 g/mol. The molecule has 0 aliphatic heterocycles. The molecule has 5 nitrogen and oxygen atoms in total. The Labute approximate surface area is 94.4 Å². The predicted octanol–water partition coefficient (Wildman–Crippen LogP) is 0.560. The van der Waals surface area contributed by atoms with E-state index in [0.29, 0.717) is 23.5 Å². The minimum atomic E-state index is -0.235. The normalized spacial score (nSPS) is 11.8. The van der Waals surface area contributed by atoms with Crippen molar-refractivity contribution >= 4 is 11.4 Å². The SMILES string of the molecule is COCC(CO)Nc1cc(C#N)ccc1N. The minimum Gasteiger partial charge on any atom is -0.397 e. The molecule has 0 amide bonds. The van der Waals surface area contributed by atoms with Gasteiger partial charge in [0.1, 0.15) is 0 Å². The summed E-state index contributed by atoms with van der Waals surface area (Å²) in [6.07, 6.45) is 0. The molecule has 0 bridgehead atoms. The maximum absolute atomic E-state index is 9.09. The van der Waals surface area contributed by atoms with Crippen LogP contribution in [0.3, 0.4) is 0 Å². The fourth-order valence-corrected chi connectivity index (χ4v) is 1.31. The Morgan fingerprint density at radius 3 is 2.94 bits per heavy atom. The molecule has 1 aromatic carbocycles. The zero-order valence-electron chi connectivity index (χ0n) is 9.10. The van der Waals surface area contributed by atoms with Crippen molar-refractivity contribution in [2.24, 2.45) is 0 Å². The molecule has 1 rings (SSSR count). The van der Waals surface area contributed by atoms with Crippen LogP contribution in [0.25, 0.3) is 0 Å². The summed E-state index contributed by atoms with van der Waals surface area (Å²) in [7, 11) is 1.55. The van der Waals surface area contributed by atoms with Crippen LogP contribution in [0.2, 0.25) is 0 Å². The molecule has 0 aromatic heterocycles. The van der Waals surface area contributed by atoms with Gasteiger partial charge >= 0.3 is 0 Å². The van der Waals surface area contributed by atoms with Crippen molar-refractivity contribution in [3.63, 3.8) is 0 Å². The van der Waals surface area contributed by atoms with Crippen molar-refractivity contribution in [3.05, 3.63) is 23.8 Å². The lowest BCUT2D eigenvalue weighted by Crippen LogP contribution is -2.29. The number of hydrogen-bond donors (Lipinski definition) is 3. The first-order valence-corrected chi connectivity index (χ1v) is 4.87. The molecule has 1 aromatic rings. The number of aliphatic hydroxyl groups is 1. The first-order chi connectivity index (χ1) is 7.71. The number of hydrogen-bond acceptors (Lipinski definition) is 5. The van der Waals surface area contributed by atoms with Crippen LogP contribution >= 0.6 is 0 Å². The van der Waals surface area contributed by atoms with Gasteiger partial charge in [-0.25, -0.2) is 0 Å². The van der Waals surface area contributed by atoms with Crippen molar-refractivity contribution in [2.45, 2.75) is 6.04 Å². The summed E-state index contributed by atoms with van der Waals surface area (Å²) in [6.45, 7) is 0.302. The van der Waals surface area contributed by atoms with E-state index in [0.717, 1.165) is 0 Å². The Kier molecular flexibility index (Phi) is 4.58. The fraction of sp³-hybridized carbons (Fsp3) is 0.364. The molecule has 4 N–H and O–H groups in total. The molecule has 0 saturated carbocycles. The second-order valence-corrected chi connectivity index (χ2v) is 3.39. The maximum atomic E-state index is 9.09. The maximum Gasteiger partial charge on any atom is 0.0992 e. The van der Waals surface area contributed by atoms with Gasteiger partial charge in [-0.1, -0.05) is 0 Å². The zero-order valence-corrected chi connectivity index (χ0v) is 9.10. The van der Waals surface area contributed by atoms with Crippen molar-refractivity contribution in [1.82, 2.24) is 0 Å². The number of nitrogens with two attached hydrogens (primary N) is 1. The first-order valence-electron chi connectivity index (χ1n) is 4.87. The summed E-state index contributed by atoms with van der Waals surface area (Å²) >= 11 is 0. The highest BCUT2D eigenvalue weighted by Crippen LogP contribution is 2.20. The van der Waals surface area contributed by atoms with E-state index in [1.165, 1.54) is 0 Å². The quantitative estimate of drug-likeness (QED) is 0.632. The number of ether oxygens (including phenoxy) is 1. The molecule has 5 heteroatoms. The number of rotatable bonds is 5. The third-order valence-corrected chi connectivity index (χ3v) is 2.13. The standard InChI is InChI=1S/C11H15N3O2/c1-16-7-9(6-15)14-11-4-8(5-12)2-3-10(11)13/h2-4,9,14-15H,6-7,13H2,1H3. The van der Waals surface area contributed by atoms with Crippen molar-refractivity contribution in [3.8, 4) is 6.07 Å². The van der Waals surface area contributed by atoms with Gasteiger partial charge in [-0.2, -0.15) is 5.26 Å². The van der Waals surface area contributed by atoms with Crippen LogP contribution in [0, 0.1) is 11.3 Å². The highest BCUT2D eigenvalue weighted by molar-refractivity contribution is 5.68. The Bertz CT molecular complexity index is 387. The molecule has 0 aliphatic carbocycles. The van der Waals surface area contributed by atoms with E-state index < -0.39 is 0 Å². The van der Waals surface area contributed by atoms with Gasteiger partial charge in [0.25, 0.3) is 0 Å². The van der Waals surface area contributed by atoms with Gasteiger partial charge in [0.15, 0.2) is 0 Å². The number of anilines is 2. The Hall–Kier alpha value is -1.77. The summed E-state index contributed by atoms with van der Waals surface area (Å²) in [5, 5.41) is 20.9. The van der Waals surface area contributed by atoms with Crippen LogP contribution in [0.15, 0.2) is 18.2 Å². The van der Waals surface area contributed by atoms with Gasteiger partial charge < -0.3 is 20.9 Å². The molecule has 86 valence electrons. The highest BCUT2D eigenvalue weighted by atomic mass is 16.5. The fourth-order valence-electron chi connectivity index (χ4n) is 1.31. The number of methoxy groups -OCH3 is 1. The number of benzene rings is 1. The molecule has 0 radical (unpaired) electrons. The third-order valence-electron chi connectivity index (χ3n) is 2.13. The zero-order chi connectivity index (χ0) is 12.0. The lowest BCUT2D eigenvalue weighted by Gasteiger charge is -2.18. The molecule has 0 spiro atoms. The van der Waals surface area contributed by atoms with E-state index >= 15 is 0 Å². The van der Waals surface area contributed by atoms with Gasteiger partial charge in [-0.15, -0.1) is 0 Å². The van der Waals surface area contributed by atoms with Crippen LogP contribution in [-0.4, -0.2) is 31.5 Å². The lowest BCUT2D eigenvalue weighted by atomic mass is 10.1. The molecule has 1 atom stereocenters. The number of aliphatic hydroxyl groups excluding tert-OH is 1. The lowest BCUT2D eigenvalue weighted by molar-refractivity contribution is 0.153. The second-order valence-electron chi connectivity index (χ2n) is 3.39. The Morgan fingerprint density at radius 1 is 1.62 bits per heavy atom. The molecule has 0 aliphatic rings. The van der Waals surface area contributed by atoms with Crippen LogP contribution in [0.4, 0.5) is 11.4 Å². The van der Waals surface area contributed by atoms with E-state index in [9.17, 15) is 0 Å². The van der Waals surface area contributed by atoms with E-state index in [1.54, 1.807) is 25.3 Å². The Balaban J connectivity index is 2.82. The number of nitrogens with zero attached hydrogens (tertiary/aromatic N) is 1. The summed E-state index contributed by atoms with van der Waals surface area (Å²) in [6, 6.07) is 6.74. The van der Waals surface area contributed by atoms with Crippen LogP contribution in [0.1, 0.15) is 5.56 Å². The van der Waals surface area contributed by atoms with Gasteiger partial charge in [-0.3, -0.25) is 0 Å². The van der Waals surface area contributed by atoms with Crippen LogP contribution < -0.4 is 11.1 Å². The van der Waals surface area contributed by atoms with Gasteiger partial charge in [0, 0.05) is 7.11 Å². The molecular formula is C11H15N3O2. The summed E-state index contributed by atoms with van der Waals surface area (Å²) in [4.78, 5) is 0. The average Bonchev–Trinajstić information content (AvgIpc) is 2.31. The summed E-state index contributed by atoms with van der Waals surface area (Å²) in [5.74, 6) is 0. The molecule has 0 fully saturated rings. The smallest absolute Gasteiger partial charge is 0.0992 e. The molecular weight excluding hydrogens is 206 g/mol. The van der Waals surface area contributed by atoms with E-state index in [-0.39, 0.29) is 12.6 Å². The van der Waals surface area contributed by atoms with Crippen molar-refractivity contribution in [2.75, 3.05) is 31.4 Å².